The van der Waals surface area contributed by atoms with E-state index in [2.05, 4.69) is 31.5 Å². The van der Waals surface area contributed by atoms with Crippen LogP contribution in [-0.4, -0.2) is 39.5 Å². The molecule has 0 radical (unpaired) electrons. The predicted octanol–water partition coefficient (Wildman–Crippen LogP) is 3.42. The van der Waals surface area contributed by atoms with Crippen molar-refractivity contribution in [3.05, 3.63) is 48.8 Å². The highest BCUT2D eigenvalue weighted by Crippen LogP contribution is 2.29. The molecule has 1 fully saturated rings. The van der Waals surface area contributed by atoms with Gasteiger partial charge in [0, 0.05) is 29.9 Å². The van der Waals surface area contributed by atoms with Gasteiger partial charge in [-0.3, -0.25) is 10.1 Å². The summed E-state index contributed by atoms with van der Waals surface area (Å²) in [6.45, 7) is 1.37. The van der Waals surface area contributed by atoms with Crippen molar-refractivity contribution in [1.29, 1.82) is 0 Å². The molecule has 130 valence electrons. The molecule has 0 saturated carbocycles. The highest BCUT2D eigenvalue weighted by molar-refractivity contribution is 5.92. The topological polar surface area (TPSA) is 85.0 Å². The number of rotatable bonds is 4. The Labute approximate surface area is 149 Å². The van der Waals surface area contributed by atoms with Crippen LogP contribution in [0.3, 0.4) is 0 Å². The number of nitrogens with one attached hydrogen (secondary N) is 2. The third-order valence-corrected chi connectivity index (χ3v) is 4.48. The van der Waals surface area contributed by atoms with Crippen molar-refractivity contribution in [2.75, 3.05) is 18.5 Å². The number of aromatic nitrogens is 4. The summed E-state index contributed by atoms with van der Waals surface area (Å²) in [5, 5.41) is 12.6. The monoisotopic (exact) mass is 347 g/mol. The van der Waals surface area contributed by atoms with Crippen molar-refractivity contribution >= 4 is 33.3 Å². The summed E-state index contributed by atoms with van der Waals surface area (Å²) in [5.41, 5.74) is 2.64. The lowest BCUT2D eigenvalue weighted by Crippen LogP contribution is -2.16. The van der Waals surface area contributed by atoms with Gasteiger partial charge in [0.15, 0.2) is 5.82 Å². The minimum Gasteiger partial charge on any atom is -0.471 e. The van der Waals surface area contributed by atoms with E-state index >= 15 is 0 Å². The fourth-order valence-electron chi connectivity index (χ4n) is 3.16. The summed E-state index contributed by atoms with van der Waals surface area (Å²) in [4.78, 5) is 8.76. The second-order valence-electron chi connectivity index (χ2n) is 6.25. The molecule has 26 heavy (non-hydrogen) atoms. The van der Waals surface area contributed by atoms with Gasteiger partial charge in [-0.05, 0) is 41.8 Å². The van der Waals surface area contributed by atoms with Gasteiger partial charge in [0.1, 0.15) is 11.6 Å². The van der Waals surface area contributed by atoms with Gasteiger partial charge in [-0.15, -0.1) is 0 Å². The Balaban J connectivity index is 1.46. The molecule has 0 aliphatic carbocycles. The van der Waals surface area contributed by atoms with E-state index in [1.54, 1.807) is 12.4 Å². The van der Waals surface area contributed by atoms with Crippen LogP contribution >= 0.6 is 0 Å². The fourth-order valence-corrected chi connectivity index (χ4v) is 3.16. The second kappa shape index (κ2) is 6.27. The van der Waals surface area contributed by atoms with Gasteiger partial charge in [0.2, 0.25) is 5.88 Å². The molecule has 1 atom stereocenters. The van der Waals surface area contributed by atoms with Crippen LogP contribution in [0.5, 0.6) is 5.88 Å². The molecule has 1 aromatic carbocycles. The zero-order valence-electron chi connectivity index (χ0n) is 14.0. The molecule has 5 rings (SSSR count). The maximum Gasteiger partial charge on any atom is 0.221 e. The summed E-state index contributed by atoms with van der Waals surface area (Å²) >= 11 is 0. The maximum absolute atomic E-state index is 6.01. The predicted molar refractivity (Wildman–Crippen MR) is 98.8 cm³/mol. The van der Waals surface area contributed by atoms with Crippen LogP contribution in [0.1, 0.15) is 6.42 Å². The summed E-state index contributed by atoms with van der Waals surface area (Å²) in [6.07, 6.45) is 4.50. The van der Waals surface area contributed by atoms with E-state index in [4.69, 9.17) is 9.47 Å². The number of aromatic amines is 1. The molecule has 2 N–H and O–H groups in total. The van der Waals surface area contributed by atoms with Crippen LogP contribution < -0.4 is 10.1 Å². The zero-order valence-corrected chi connectivity index (χ0v) is 14.0. The van der Waals surface area contributed by atoms with Gasteiger partial charge in [-0.25, -0.2) is 4.98 Å². The number of anilines is 2. The van der Waals surface area contributed by atoms with Crippen LogP contribution in [0.4, 0.5) is 11.5 Å². The highest BCUT2D eigenvalue weighted by Gasteiger charge is 2.19. The van der Waals surface area contributed by atoms with Crippen molar-refractivity contribution in [3.63, 3.8) is 0 Å². The molecule has 0 unspecified atom stereocenters. The molecule has 1 aliphatic heterocycles. The Bertz CT molecular complexity index is 1070. The molecule has 0 spiro atoms. The third kappa shape index (κ3) is 2.72. The average Bonchev–Trinajstić information content (AvgIpc) is 3.32. The first-order valence-electron chi connectivity index (χ1n) is 8.56. The third-order valence-electron chi connectivity index (χ3n) is 4.48. The van der Waals surface area contributed by atoms with E-state index in [1.807, 2.05) is 30.3 Å². The Hall–Kier alpha value is -3.19. The molecule has 4 heterocycles. The molecule has 7 heteroatoms. The van der Waals surface area contributed by atoms with E-state index in [-0.39, 0.29) is 6.10 Å². The van der Waals surface area contributed by atoms with Gasteiger partial charge in [-0.1, -0.05) is 0 Å². The number of benzene rings is 1. The van der Waals surface area contributed by atoms with Gasteiger partial charge < -0.3 is 14.8 Å². The second-order valence-corrected chi connectivity index (χ2v) is 6.25. The lowest BCUT2D eigenvalue weighted by molar-refractivity contribution is 0.139. The van der Waals surface area contributed by atoms with Crippen molar-refractivity contribution in [2.45, 2.75) is 12.5 Å². The van der Waals surface area contributed by atoms with Gasteiger partial charge in [-0.2, -0.15) is 5.10 Å². The highest BCUT2D eigenvalue weighted by atomic mass is 16.5. The van der Waals surface area contributed by atoms with E-state index in [0.717, 1.165) is 40.5 Å². The van der Waals surface area contributed by atoms with Crippen molar-refractivity contribution in [1.82, 2.24) is 20.2 Å². The van der Waals surface area contributed by atoms with Gasteiger partial charge >= 0.3 is 0 Å². The van der Waals surface area contributed by atoms with Crippen LogP contribution in [0.15, 0.2) is 48.8 Å². The minimum absolute atomic E-state index is 0.0763. The number of hydrogen-bond donors (Lipinski definition) is 2. The minimum atomic E-state index is 0.0763. The van der Waals surface area contributed by atoms with Crippen LogP contribution in [0.25, 0.3) is 21.8 Å². The molecule has 1 saturated heterocycles. The number of fused-ring (bicyclic) bond motifs is 2. The van der Waals surface area contributed by atoms with Crippen molar-refractivity contribution < 1.29 is 9.47 Å². The largest absolute Gasteiger partial charge is 0.471 e. The van der Waals surface area contributed by atoms with E-state index in [9.17, 15) is 0 Å². The van der Waals surface area contributed by atoms with E-state index in [0.29, 0.717) is 18.3 Å². The number of nitrogens with zero attached hydrogens (tertiary/aromatic N) is 3. The van der Waals surface area contributed by atoms with Crippen LogP contribution in [-0.2, 0) is 4.74 Å². The van der Waals surface area contributed by atoms with Gasteiger partial charge in [0.25, 0.3) is 0 Å². The molecule has 3 aromatic heterocycles. The SMILES string of the molecule is c1cnc2c(Nc3ccc4c(O[C@@H]5CCOC5)nccc4c3)n[nH]c2c1. The zero-order chi connectivity index (χ0) is 17.3. The molecule has 0 amide bonds. The first kappa shape index (κ1) is 15.1. The Morgan fingerprint density at radius 2 is 2.15 bits per heavy atom. The fraction of sp³-hybridized carbons (Fsp3) is 0.211. The summed E-state index contributed by atoms with van der Waals surface area (Å²) in [7, 11) is 0. The smallest absolute Gasteiger partial charge is 0.221 e. The first-order valence-corrected chi connectivity index (χ1v) is 8.56. The molecule has 1 aliphatic rings. The van der Waals surface area contributed by atoms with Crippen molar-refractivity contribution in [3.8, 4) is 5.88 Å². The molecule has 7 nitrogen and oxygen atoms in total. The maximum atomic E-state index is 6.01. The quantitative estimate of drug-likeness (QED) is 0.588. The standard InChI is InChI=1S/C19H17N5O2/c1-2-16-17(20-7-1)18(24-23-16)22-13-3-4-15-12(10-13)5-8-21-19(15)26-14-6-9-25-11-14/h1-5,7-8,10,14H,6,9,11H2,(H2,22,23,24)/t14-/m1/s1. The average molecular weight is 347 g/mol. The molecular formula is C19H17N5O2. The summed E-state index contributed by atoms with van der Waals surface area (Å²) in [5.74, 6) is 1.35. The summed E-state index contributed by atoms with van der Waals surface area (Å²) < 4.78 is 11.4. The van der Waals surface area contributed by atoms with E-state index in [1.165, 1.54) is 0 Å². The lowest BCUT2D eigenvalue weighted by Gasteiger charge is -2.13. The lowest BCUT2D eigenvalue weighted by atomic mass is 10.1. The van der Waals surface area contributed by atoms with Crippen molar-refractivity contribution in [2.24, 2.45) is 0 Å². The van der Waals surface area contributed by atoms with Gasteiger partial charge in [0.05, 0.1) is 18.7 Å². The van der Waals surface area contributed by atoms with Crippen LogP contribution in [0.2, 0.25) is 0 Å². The molecule has 4 aromatic rings. The number of hydrogen-bond acceptors (Lipinski definition) is 6. The van der Waals surface area contributed by atoms with E-state index < -0.39 is 0 Å². The Morgan fingerprint density at radius 3 is 3.08 bits per heavy atom. The Kier molecular flexibility index (Phi) is 3.64. The normalized spacial score (nSPS) is 17.0. The summed E-state index contributed by atoms with van der Waals surface area (Å²) in [6, 6.07) is 11.9. The first-order chi connectivity index (χ1) is 12.9. The number of H-pyrrole nitrogens is 1. The van der Waals surface area contributed by atoms with Crippen LogP contribution in [0, 0.1) is 0 Å². The molecular weight excluding hydrogens is 330 g/mol. The Morgan fingerprint density at radius 1 is 1.15 bits per heavy atom. The number of pyridine rings is 2. The number of ether oxygens (including phenoxy) is 2. The molecule has 0 bridgehead atoms.